The highest BCUT2D eigenvalue weighted by atomic mass is 79.9. The standard InChI is InChI=1S/C17H14BrN3O4S2/c1-27(23,24)21-12-8-6-11(7-9-12)15(22)10-26-17-20-19-16(25-17)13-4-2-3-5-14(13)18/h2-9,21H,10H2,1H3. The maximum absolute atomic E-state index is 12.3. The van der Waals surface area contributed by atoms with E-state index in [2.05, 4.69) is 30.8 Å². The van der Waals surface area contributed by atoms with Gasteiger partial charge in [-0.1, -0.05) is 23.9 Å². The van der Waals surface area contributed by atoms with Gasteiger partial charge in [-0.2, -0.15) is 0 Å². The van der Waals surface area contributed by atoms with E-state index in [-0.39, 0.29) is 11.5 Å². The average molecular weight is 468 g/mol. The molecule has 0 fully saturated rings. The molecule has 0 amide bonds. The van der Waals surface area contributed by atoms with E-state index in [1.165, 1.54) is 12.1 Å². The summed E-state index contributed by atoms with van der Waals surface area (Å²) in [6.45, 7) is 0. The number of carbonyl (C=O) groups excluding carboxylic acids is 1. The quantitative estimate of drug-likeness (QED) is 0.415. The fraction of sp³-hybridized carbons (Fsp3) is 0.118. The fourth-order valence-corrected chi connectivity index (χ4v) is 3.84. The number of thioether (sulfide) groups is 1. The van der Waals surface area contributed by atoms with Gasteiger partial charge in [0.25, 0.3) is 5.22 Å². The topological polar surface area (TPSA) is 102 Å². The third kappa shape index (κ3) is 5.41. The van der Waals surface area contributed by atoms with Crippen molar-refractivity contribution in [3.05, 3.63) is 58.6 Å². The Labute approximate surface area is 168 Å². The monoisotopic (exact) mass is 467 g/mol. The smallest absolute Gasteiger partial charge is 0.277 e. The van der Waals surface area contributed by atoms with Gasteiger partial charge in [0.05, 0.1) is 17.6 Å². The van der Waals surface area contributed by atoms with Gasteiger partial charge >= 0.3 is 0 Å². The van der Waals surface area contributed by atoms with E-state index in [1.54, 1.807) is 12.1 Å². The number of rotatable bonds is 7. The molecule has 27 heavy (non-hydrogen) atoms. The molecule has 0 bridgehead atoms. The van der Waals surface area contributed by atoms with Crippen molar-refractivity contribution in [2.45, 2.75) is 5.22 Å². The molecule has 1 N–H and O–H groups in total. The van der Waals surface area contributed by atoms with Gasteiger partial charge < -0.3 is 4.42 Å². The zero-order chi connectivity index (χ0) is 19.4. The number of sulfonamides is 1. The number of benzene rings is 2. The summed E-state index contributed by atoms with van der Waals surface area (Å²) in [4.78, 5) is 12.3. The van der Waals surface area contributed by atoms with E-state index < -0.39 is 10.0 Å². The molecule has 3 rings (SSSR count). The second-order valence-electron chi connectivity index (χ2n) is 5.52. The maximum atomic E-state index is 12.3. The molecule has 2 aromatic carbocycles. The highest BCUT2D eigenvalue weighted by Gasteiger charge is 2.14. The first-order chi connectivity index (χ1) is 12.8. The number of aromatic nitrogens is 2. The summed E-state index contributed by atoms with van der Waals surface area (Å²) in [6.07, 6.45) is 1.06. The molecule has 0 radical (unpaired) electrons. The largest absolute Gasteiger partial charge is 0.411 e. The van der Waals surface area contributed by atoms with Gasteiger partial charge in [0, 0.05) is 15.7 Å². The predicted octanol–water partition coefficient (Wildman–Crippen LogP) is 3.85. The van der Waals surface area contributed by atoms with E-state index >= 15 is 0 Å². The summed E-state index contributed by atoms with van der Waals surface area (Å²) in [7, 11) is -3.35. The Morgan fingerprint density at radius 3 is 2.52 bits per heavy atom. The molecule has 3 aromatic rings. The lowest BCUT2D eigenvalue weighted by Crippen LogP contribution is -2.10. The van der Waals surface area contributed by atoms with Crippen LogP contribution in [0.4, 0.5) is 5.69 Å². The molecule has 10 heteroatoms. The van der Waals surface area contributed by atoms with Crippen molar-refractivity contribution >= 4 is 49.2 Å². The van der Waals surface area contributed by atoms with Crippen LogP contribution < -0.4 is 4.72 Å². The molecule has 0 saturated carbocycles. The number of halogens is 1. The molecule has 0 spiro atoms. The predicted molar refractivity (Wildman–Crippen MR) is 107 cm³/mol. The summed E-state index contributed by atoms with van der Waals surface area (Å²) in [5.41, 5.74) is 1.64. The van der Waals surface area contributed by atoms with Crippen LogP contribution in [-0.4, -0.2) is 36.4 Å². The summed E-state index contributed by atoms with van der Waals surface area (Å²) >= 11 is 4.57. The average Bonchev–Trinajstić information content (AvgIpc) is 3.08. The first-order valence-corrected chi connectivity index (χ1v) is 11.3. The van der Waals surface area contributed by atoms with Crippen LogP contribution in [0.3, 0.4) is 0 Å². The molecule has 1 heterocycles. The van der Waals surface area contributed by atoms with Crippen molar-refractivity contribution in [3.8, 4) is 11.5 Å². The summed E-state index contributed by atoms with van der Waals surface area (Å²) in [5.74, 6) is 0.358. The number of ketones is 1. The van der Waals surface area contributed by atoms with Gasteiger partial charge in [-0.3, -0.25) is 9.52 Å². The third-order valence-corrected chi connectivity index (χ3v) is 5.46. The summed E-state index contributed by atoms with van der Waals surface area (Å²) in [5, 5.41) is 8.25. The molecule has 0 aliphatic rings. The maximum Gasteiger partial charge on any atom is 0.277 e. The molecule has 140 valence electrons. The summed E-state index contributed by atoms with van der Waals surface area (Å²) < 4.78 is 31.2. The van der Waals surface area contributed by atoms with Crippen LogP contribution >= 0.6 is 27.7 Å². The Hall–Kier alpha value is -2.17. The van der Waals surface area contributed by atoms with Gasteiger partial charge in [-0.25, -0.2) is 8.42 Å². The minimum Gasteiger partial charge on any atom is -0.411 e. The van der Waals surface area contributed by atoms with Gasteiger partial charge in [0.2, 0.25) is 15.9 Å². The number of hydrogen-bond donors (Lipinski definition) is 1. The first-order valence-electron chi connectivity index (χ1n) is 7.64. The van der Waals surface area contributed by atoms with E-state index in [1.807, 2.05) is 24.3 Å². The van der Waals surface area contributed by atoms with Gasteiger partial charge in [0.1, 0.15) is 0 Å². The minimum atomic E-state index is -3.35. The Morgan fingerprint density at radius 2 is 1.85 bits per heavy atom. The fourth-order valence-electron chi connectivity index (χ4n) is 2.16. The molecule has 0 saturated heterocycles. The van der Waals surface area contributed by atoms with Crippen LogP contribution in [0.15, 0.2) is 62.6 Å². The van der Waals surface area contributed by atoms with Crippen LogP contribution in [0.25, 0.3) is 11.5 Å². The van der Waals surface area contributed by atoms with E-state index in [0.29, 0.717) is 22.4 Å². The van der Waals surface area contributed by atoms with Gasteiger partial charge in [-0.05, 0) is 52.3 Å². The van der Waals surface area contributed by atoms with Crippen molar-refractivity contribution in [3.63, 3.8) is 0 Å². The van der Waals surface area contributed by atoms with Gasteiger partial charge in [-0.15, -0.1) is 10.2 Å². The molecular weight excluding hydrogens is 454 g/mol. The molecule has 1 aromatic heterocycles. The number of nitrogens with zero attached hydrogens (tertiary/aromatic N) is 2. The lowest BCUT2D eigenvalue weighted by Gasteiger charge is -2.04. The van der Waals surface area contributed by atoms with Crippen LogP contribution in [-0.2, 0) is 10.0 Å². The lowest BCUT2D eigenvalue weighted by atomic mass is 10.1. The lowest BCUT2D eigenvalue weighted by molar-refractivity contribution is 0.102. The zero-order valence-corrected chi connectivity index (χ0v) is 17.3. The Kier molecular flexibility index (Phi) is 5.98. The van der Waals surface area contributed by atoms with Crippen LogP contribution in [0.5, 0.6) is 0 Å². The molecule has 0 unspecified atom stereocenters. The van der Waals surface area contributed by atoms with Crippen molar-refractivity contribution in [1.29, 1.82) is 0 Å². The van der Waals surface area contributed by atoms with Gasteiger partial charge in [0.15, 0.2) is 5.78 Å². The van der Waals surface area contributed by atoms with Crippen molar-refractivity contribution < 1.29 is 17.6 Å². The molecule has 7 nitrogen and oxygen atoms in total. The van der Waals surface area contributed by atoms with Crippen LogP contribution in [0.2, 0.25) is 0 Å². The zero-order valence-electron chi connectivity index (χ0n) is 14.0. The Bertz CT molecular complexity index is 1070. The van der Waals surface area contributed by atoms with Crippen LogP contribution in [0.1, 0.15) is 10.4 Å². The number of Topliss-reactive ketones (excluding diaryl/α,β-unsaturated/α-hetero) is 1. The van der Waals surface area contributed by atoms with Crippen LogP contribution in [0, 0.1) is 0 Å². The number of anilines is 1. The second kappa shape index (κ2) is 8.24. The molecule has 0 aliphatic heterocycles. The van der Waals surface area contributed by atoms with E-state index in [9.17, 15) is 13.2 Å². The number of carbonyl (C=O) groups is 1. The highest BCUT2D eigenvalue weighted by Crippen LogP contribution is 2.29. The third-order valence-electron chi connectivity index (χ3n) is 3.35. The first kappa shape index (κ1) is 19.6. The number of hydrogen-bond acceptors (Lipinski definition) is 7. The normalized spacial score (nSPS) is 11.3. The Balaban J connectivity index is 1.62. The Morgan fingerprint density at radius 1 is 1.15 bits per heavy atom. The van der Waals surface area contributed by atoms with Crippen molar-refractivity contribution in [1.82, 2.24) is 10.2 Å². The molecule has 0 atom stereocenters. The van der Waals surface area contributed by atoms with E-state index in [0.717, 1.165) is 28.1 Å². The minimum absolute atomic E-state index is 0.121. The van der Waals surface area contributed by atoms with Crippen molar-refractivity contribution in [2.24, 2.45) is 0 Å². The van der Waals surface area contributed by atoms with Crippen molar-refractivity contribution in [2.75, 3.05) is 16.7 Å². The SMILES string of the molecule is CS(=O)(=O)Nc1ccc(C(=O)CSc2nnc(-c3ccccc3Br)o2)cc1. The molecule has 0 aliphatic carbocycles. The molecular formula is C17H14BrN3O4S2. The second-order valence-corrected chi connectivity index (χ2v) is 9.05. The van der Waals surface area contributed by atoms with E-state index in [4.69, 9.17) is 4.42 Å². The number of nitrogens with one attached hydrogen (secondary N) is 1. The highest BCUT2D eigenvalue weighted by molar-refractivity contribution is 9.10. The summed E-state index contributed by atoms with van der Waals surface area (Å²) in [6, 6.07) is 13.7.